The molecular formula is C9H5BrClNS. The lowest BCUT2D eigenvalue weighted by molar-refractivity contribution is 1.38. The molecule has 0 fully saturated rings. The van der Waals surface area contributed by atoms with Gasteiger partial charge in [0.15, 0.2) is 3.92 Å². The van der Waals surface area contributed by atoms with Crippen LogP contribution in [0.25, 0.3) is 10.4 Å². The van der Waals surface area contributed by atoms with E-state index in [1.165, 1.54) is 0 Å². The van der Waals surface area contributed by atoms with Crippen LogP contribution in [-0.4, -0.2) is 4.98 Å². The molecule has 4 heteroatoms. The molecule has 2 aromatic rings. The van der Waals surface area contributed by atoms with Crippen LogP contribution in [-0.2, 0) is 0 Å². The van der Waals surface area contributed by atoms with Gasteiger partial charge >= 0.3 is 0 Å². The molecule has 1 nitrogen and oxygen atoms in total. The lowest BCUT2D eigenvalue weighted by atomic mass is 10.2. The Labute approximate surface area is 93.5 Å². The molecule has 0 radical (unpaired) electrons. The van der Waals surface area contributed by atoms with Crippen LogP contribution in [0.2, 0.25) is 5.02 Å². The minimum absolute atomic E-state index is 0.752. The molecule has 0 atom stereocenters. The second-order valence-corrected chi connectivity index (χ2v) is 5.23. The minimum Gasteiger partial charge on any atom is -0.237 e. The lowest BCUT2D eigenvalue weighted by Crippen LogP contribution is -1.70. The third-order valence-corrected chi connectivity index (χ3v) is 3.35. The van der Waals surface area contributed by atoms with E-state index >= 15 is 0 Å². The van der Waals surface area contributed by atoms with Gasteiger partial charge in [0.25, 0.3) is 0 Å². The Kier molecular flexibility index (Phi) is 2.67. The Bertz CT molecular complexity index is 427. The zero-order valence-electron chi connectivity index (χ0n) is 6.50. The van der Waals surface area contributed by atoms with E-state index in [1.807, 2.05) is 30.5 Å². The van der Waals surface area contributed by atoms with Crippen molar-refractivity contribution in [3.05, 3.63) is 39.4 Å². The molecule has 0 amide bonds. The van der Waals surface area contributed by atoms with Crippen LogP contribution < -0.4 is 0 Å². The Balaban J connectivity index is 2.46. The fourth-order valence-electron chi connectivity index (χ4n) is 1.03. The maximum Gasteiger partial charge on any atom is 0.159 e. The predicted octanol–water partition coefficient (Wildman–Crippen LogP) is 4.23. The van der Waals surface area contributed by atoms with Gasteiger partial charge in [0.05, 0.1) is 4.88 Å². The molecule has 0 saturated heterocycles. The molecule has 1 heterocycles. The highest BCUT2D eigenvalue weighted by atomic mass is 79.9. The number of rotatable bonds is 1. The van der Waals surface area contributed by atoms with Crippen molar-refractivity contribution in [1.82, 2.24) is 4.98 Å². The van der Waals surface area contributed by atoms with Gasteiger partial charge in [0.2, 0.25) is 0 Å². The molecule has 2 rings (SSSR count). The van der Waals surface area contributed by atoms with E-state index in [2.05, 4.69) is 20.9 Å². The van der Waals surface area contributed by atoms with Gasteiger partial charge in [-0.3, -0.25) is 0 Å². The normalized spacial score (nSPS) is 10.3. The SMILES string of the molecule is Clc1cccc(-c2cnc(Br)s2)c1. The summed E-state index contributed by atoms with van der Waals surface area (Å²) in [6.07, 6.45) is 1.83. The second kappa shape index (κ2) is 3.78. The first-order valence-electron chi connectivity index (χ1n) is 3.63. The van der Waals surface area contributed by atoms with Gasteiger partial charge < -0.3 is 0 Å². The summed E-state index contributed by atoms with van der Waals surface area (Å²) in [5, 5.41) is 0.752. The largest absolute Gasteiger partial charge is 0.237 e. The number of halogens is 2. The fourth-order valence-corrected chi connectivity index (χ4v) is 2.48. The molecule has 13 heavy (non-hydrogen) atoms. The summed E-state index contributed by atoms with van der Waals surface area (Å²) in [6, 6.07) is 7.75. The molecule has 1 aromatic carbocycles. The van der Waals surface area contributed by atoms with Crippen molar-refractivity contribution >= 4 is 38.9 Å². The van der Waals surface area contributed by atoms with Crippen molar-refractivity contribution in [3.63, 3.8) is 0 Å². The Hall–Kier alpha value is -0.380. The van der Waals surface area contributed by atoms with E-state index in [0.717, 1.165) is 19.4 Å². The molecule has 0 aliphatic rings. The van der Waals surface area contributed by atoms with E-state index in [0.29, 0.717) is 0 Å². The third-order valence-electron chi connectivity index (χ3n) is 1.59. The average molecular weight is 275 g/mol. The van der Waals surface area contributed by atoms with Gasteiger partial charge in [-0.15, -0.1) is 11.3 Å². The average Bonchev–Trinajstić information content (AvgIpc) is 2.52. The van der Waals surface area contributed by atoms with Crippen molar-refractivity contribution in [2.45, 2.75) is 0 Å². The highest BCUT2D eigenvalue weighted by Crippen LogP contribution is 2.30. The standard InChI is InChI=1S/C9H5BrClNS/c10-9-12-5-8(13-9)6-2-1-3-7(11)4-6/h1-5H. The predicted molar refractivity (Wildman–Crippen MR) is 60.3 cm³/mol. The molecule has 0 aliphatic carbocycles. The van der Waals surface area contributed by atoms with Crippen LogP contribution in [0.5, 0.6) is 0 Å². The van der Waals surface area contributed by atoms with E-state index in [-0.39, 0.29) is 0 Å². The quantitative estimate of drug-likeness (QED) is 0.758. The van der Waals surface area contributed by atoms with E-state index in [1.54, 1.807) is 11.3 Å². The zero-order valence-corrected chi connectivity index (χ0v) is 9.66. The summed E-state index contributed by atoms with van der Waals surface area (Å²) in [4.78, 5) is 5.23. The van der Waals surface area contributed by atoms with Gasteiger partial charge in [0, 0.05) is 11.2 Å². The van der Waals surface area contributed by atoms with Gasteiger partial charge in [-0.05, 0) is 33.6 Å². The third kappa shape index (κ3) is 2.10. The minimum atomic E-state index is 0.752. The molecule has 0 spiro atoms. The van der Waals surface area contributed by atoms with E-state index in [4.69, 9.17) is 11.6 Å². The van der Waals surface area contributed by atoms with Crippen LogP contribution in [0.3, 0.4) is 0 Å². The first kappa shape index (κ1) is 9.19. The lowest BCUT2D eigenvalue weighted by Gasteiger charge is -1.95. The molecular weight excluding hydrogens is 270 g/mol. The van der Waals surface area contributed by atoms with E-state index < -0.39 is 0 Å². The topological polar surface area (TPSA) is 12.9 Å². The number of nitrogens with zero attached hydrogens (tertiary/aromatic N) is 1. The van der Waals surface area contributed by atoms with Gasteiger partial charge in [-0.1, -0.05) is 23.7 Å². The summed E-state index contributed by atoms with van der Waals surface area (Å²) in [5.41, 5.74) is 1.11. The molecule has 0 N–H and O–H groups in total. The monoisotopic (exact) mass is 273 g/mol. The van der Waals surface area contributed by atoms with Gasteiger partial charge in [-0.25, -0.2) is 4.98 Å². The number of aromatic nitrogens is 1. The summed E-state index contributed by atoms with van der Waals surface area (Å²) in [7, 11) is 0. The molecule has 0 unspecified atom stereocenters. The summed E-state index contributed by atoms with van der Waals surface area (Å²) < 4.78 is 0.891. The van der Waals surface area contributed by atoms with Crippen molar-refractivity contribution < 1.29 is 0 Å². The fraction of sp³-hybridized carbons (Fsp3) is 0. The highest BCUT2D eigenvalue weighted by Gasteiger charge is 2.02. The zero-order chi connectivity index (χ0) is 9.26. The number of thiazole rings is 1. The van der Waals surface area contributed by atoms with Crippen LogP contribution in [0, 0.1) is 0 Å². The van der Waals surface area contributed by atoms with Gasteiger partial charge in [0.1, 0.15) is 0 Å². The molecule has 0 aliphatic heterocycles. The smallest absolute Gasteiger partial charge is 0.159 e. The van der Waals surface area contributed by atoms with Crippen LogP contribution in [0.15, 0.2) is 34.4 Å². The van der Waals surface area contributed by atoms with Crippen LogP contribution >= 0.6 is 38.9 Å². The Morgan fingerprint density at radius 3 is 2.85 bits per heavy atom. The molecule has 66 valence electrons. The van der Waals surface area contributed by atoms with Crippen molar-refractivity contribution in [1.29, 1.82) is 0 Å². The summed E-state index contributed by atoms with van der Waals surface area (Å²) in [5.74, 6) is 0. The molecule has 1 aromatic heterocycles. The summed E-state index contributed by atoms with van der Waals surface area (Å²) >= 11 is 10.8. The number of benzene rings is 1. The van der Waals surface area contributed by atoms with E-state index in [9.17, 15) is 0 Å². The van der Waals surface area contributed by atoms with Crippen molar-refractivity contribution in [3.8, 4) is 10.4 Å². The van der Waals surface area contributed by atoms with Crippen molar-refractivity contribution in [2.24, 2.45) is 0 Å². The molecule has 0 bridgehead atoms. The summed E-state index contributed by atoms with van der Waals surface area (Å²) in [6.45, 7) is 0. The van der Waals surface area contributed by atoms with Crippen LogP contribution in [0.1, 0.15) is 0 Å². The highest BCUT2D eigenvalue weighted by molar-refractivity contribution is 9.11. The number of hydrogen-bond donors (Lipinski definition) is 0. The van der Waals surface area contributed by atoms with Gasteiger partial charge in [-0.2, -0.15) is 0 Å². The Morgan fingerprint density at radius 2 is 2.23 bits per heavy atom. The van der Waals surface area contributed by atoms with Crippen molar-refractivity contribution in [2.75, 3.05) is 0 Å². The first-order chi connectivity index (χ1) is 6.25. The Morgan fingerprint density at radius 1 is 1.38 bits per heavy atom. The van der Waals surface area contributed by atoms with Crippen LogP contribution in [0.4, 0.5) is 0 Å². The molecule has 0 saturated carbocycles. The first-order valence-corrected chi connectivity index (χ1v) is 5.62. The maximum absolute atomic E-state index is 5.87. The maximum atomic E-state index is 5.87. The number of hydrogen-bond acceptors (Lipinski definition) is 2. The second-order valence-electron chi connectivity index (χ2n) is 2.49.